The lowest BCUT2D eigenvalue weighted by molar-refractivity contribution is 0.0623. The Morgan fingerprint density at radius 3 is 2.75 bits per heavy atom. The summed E-state index contributed by atoms with van der Waals surface area (Å²) < 4.78 is 0. The summed E-state index contributed by atoms with van der Waals surface area (Å²) in [5.41, 5.74) is 1.60. The van der Waals surface area contributed by atoms with E-state index < -0.39 is 0 Å². The van der Waals surface area contributed by atoms with Gasteiger partial charge in [-0.15, -0.1) is 0 Å². The van der Waals surface area contributed by atoms with E-state index in [0.29, 0.717) is 17.4 Å². The van der Waals surface area contributed by atoms with Gasteiger partial charge in [-0.25, -0.2) is 0 Å². The van der Waals surface area contributed by atoms with Crippen molar-refractivity contribution in [3.63, 3.8) is 0 Å². The van der Waals surface area contributed by atoms with Gasteiger partial charge in [0.2, 0.25) is 0 Å². The summed E-state index contributed by atoms with van der Waals surface area (Å²) in [4.78, 5) is 18.8. The summed E-state index contributed by atoms with van der Waals surface area (Å²) in [6, 6.07) is 1.89. The van der Waals surface area contributed by atoms with Crippen molar-refractivity contribution in [1.29, 1.82) is 0 Å². The van der Waals surface area contributed by atoms with Crippen LogP contribution in [0.5, 0.6) is 0 Å². The third-order valence-corrected chi connectivity index (χ3v) is 3.77. The molecule has 4 heteroatoms. The maximum absolute atomic E-state index is 12.7. The van der Waals surface area contributed by atoms with Crippen molar-refractivity contribution in [2.24, 2.45) is 11.8 Å². The highest BCUT2D eigenvalue weighted by molar-refractivity contribution is 5.99. The highest BCUT2D eigenvalue weighted by Crippen LogP contribution is 2.24. The molecule has 0 bridgehead atoms. The van der Waals surface area contributed by atoms with Crippen LogP contribution in [-0.4, -0.2) is 35.4 Å². The Morgan fingerprint density at radius 1 is 1.40 bits per heavy atom. The van der Waals surface area contributed by atoms with Gasteiger partial charge >= 0.3 is 0 Å². The van der Waals surface area contributed by atoms with E-state index in [9.17, 15) is 4.79 Å². The Kier molecular flexibility index (Phi) is 4.99. The van der Waals surface area contributed by atoms with Crippen molar-refractivity contribution in [1.82, 2.24) is 9.88 Å². The van der Waals surface area contributed by atoms with Crippen LogP contribution < -0.4 is 5.32 Å². The Bertz CT molecular complexity index is 451. The molecule has 0 aromatic carbocycles. The van der Waals surface area contributed by atoms with Crippen LogP contribution in [0.25, 0.3) is 0 Å². The molecule has 0 saturated carbocycles. The molecule has 1 fully saturated rings. The van der Waals surface area contributed by atoms with E-state index >= 15 is 0 Å². The van der Waals surface area contributed by atoms with E-state index in [4.69, 9.17) is 0 Å². The van der Waals surface area contributed by atoms with E-state index in [1.54, 1.807) is 12.4 Å². The molecule has 2 heterocycles. The molecule has 0 spiro atoms. The lowest BCUT2D eigenvalue weighted by atomic mass is 9.91. The minimum Gasteiger partial charge on any atom is -0.384 e. The maximum atomic E-state index is 12.7. The second-order valence-corrected chi connectivity index (χ2v) is 6.00. The van der Waals surface area contributed by atoms with Gasteiger partial charge in [0, 0.05) is 32.0 Å². The first-order valence-electron chi connectivity index (χ1n) is 7.59. The summed E-state index contributed by atoms with van der Waals surface area (Å²) in [6.07, 6.45) is 5.66. The molecule has 110 valence electrons. The van der Waals surface area contributed by atoms with Crippen LogP contribution in [0.4, 0.5) is 5.69 Å². The van der Waals surface area contributed by atoms with Crippen LogP contribution in [0.1, 0.15) is 44.0 Å². The molecule has 2 unspecified atom stereocenters. The largest absolute Gasteiger partial charge is 0.384 e. The fraction of sp³-hybridized carbons (Fsp3) is 0.625. The number of rotatable bonds is 4. The zero-order chi connectivity index (χ0) is 14.5. The standard InChI is InChI=1S/C16H25N3O/c1-4-6-18-15-5-7-17-9-14(15)16(20)19-10-12(2)8-13(3)11-19/h5,7,9,12-13H,4,6,8,10-11H2,1-3H3,(H,17,18). The zero-order valence-corrected chi connectivity index (χ0v) is 12.7. The average Bonchev–Trinajstić information content (AvgIpc) is 2.43. The van der Waals surface area contributed by atoms with Crippen molar-refractivity contribution >= 4 is 11.6 Å². The first kappa shape index (κ1) is 14.8. The van der Waals surface area contributed by atoms with Crippen LogP contribution in [0.2, 0.25) is 0 Å². The predicted molar refractivity (Wildman–Crippen MR) is 81.9 cm³/mol. The number of amides is 1. The molecule has 4 nitrogen and oxygen atoms in total. The van der Waals surface area contributed by atoms with Crippen molar-refractivity contribution in [3.05, 3.63) is 24.0 Å². The molecule has 1 saturated heterocycles. The Hall–Kier alpha value is -1.58. The van der Waals surface area contributed by atoms with E-state index in [-0.39, 0.29) is 5.91 Å². The Labute approximate surface area is 121 Å². The first-order chi connectivity index (χ1) is 9.61. The lowest BCUT2D eigenvalue weighted by Crippen LogP contribution is -2.42. The minimum atomic E-state index is 0.107. The summed E-state index contributed by atoms with van der Waals surface area (Å²) >= 11 is 0. The van der Waals surface area contributed by atoms with Gasteiger partial charge in [-0.05, 0) is 30.7 Å². The van der Waals surface area contributed by atoms with E-state index in [0.717, 1.165) is 31.7 Å². The summed E-state index contributed by atoms with van der Waals surface area (Å²) in [7, 11) is 0. The normalized spacial score (nSPS) is 22.6. The van der Waals surface area contributed by atoms with Crippen molar-refractivity contribution in [3.8, 4) is 0 Å². The van der Waals surface area contributed by atoms with E-state index in [1.807, 2.05) is 11.0 Å². The molecule has 1 aliphatic heterocycles. The van der Waals surface area contributed by atoms with E-state index in [2.05, 4.69) is 31.1 Å². The fourth-order valence-corrected chi connectivity index (χ4v) is 2.98. The number of hydrogen-bond donors (Lipinski definition) is 1. The van der Waals surface area contributed by atoms with Gasteiger partial charge in [0.15, 0.2) is 0 Å². The number of likely N-dealkylation sites (tertiary alicyclic amines) is 1. The lowest BCUT2D eigenvalue weighted by Gasteiger charge is -2.35. The number of carbonyl (C=O) groups is 1. The molecular formula is C16H25N3O. The molecule has 1 aromatic rings. The quantitative estimate of drug-likeness (QED) is 0.918. The summed E-state index contributed by atoms with van der Waals surface area (Å²) in [5, 5.41) is 3.32. The average molecular weight is 275 g/mol. The van der Waals surface area contributed by atoms with Gasteiger partial charge in [-0.3, -0.25) is 9.78 Å². The van der Waals surface area contributed by atoms with Crippen molar-refractivity contribution < 1.29 is 4.79 Å². The summed E-state index contributed by atoms with van der Waals surface area (Å²) in [5.74, 6) is 1.26. The molecule has 1 N–H and O–H groups in total. The third kappa shape index (κ3) is 3.50. The number of hydrogen-bond acceptors (Lipinski definition) is 3. The van der Waals surface area contributed by atoms with E-state index in [1.165, 1.54) is 6.42 Å². The Morgan fingerprint density at radius 2 is 2.10 bits per heavy atom. The van der Waals surface area contributed by atoms with Gasteiger partial charge in [-0.1, -0.05) is 20.8 Å². The molecule has 2 rings (SSSR count). The van der Waals surface area contributed by atoms with Crippen molar-refractivity contribution in [2.75, 3.05) is 25.0 Å². The molecule has 0 radical (unpaired) electrons. The number of nitrogens with one attached hydrogen (secondary N) is 1. The number of anilines is 1. The van der Waals surface area contributed by atoms with Gasteiger partial charge in [0.05, 0.1) is 11.3 Å². The van der Waals surface area contributed by atoms with Gasteiger partial charge in [0.1, 0.15) is 0 Å². The van der Waals surface area contributed by atoms with Crippen molar-refractivity contribution in [2.45, 2.75) is 33.6 Å². The Balaban J connectivity index is 2.15. The molecule has 1 aliphatic rings. The van der Waals surface area contributed by atoms with Gasteiger partial charge < -0.3 is 10.2 Å². The van der Waals surface area contributed by atoms with Crippen LogP contribution in [-0.2, 0) is 0 Å². The molecule has 1 amide bonds. The monoisotopic (exact) mass is 275 g/mol. The maximum Gasteiger partial charge on any atom is 0.257 e. The van der Waals surface area contributed by atoms with Crippen LogP contribution in [0, 0.1) is 11.8 Å². The summed E-state index contributed by atoms with van der Waals surface area (Å²) in [6.45, 7) is 9.13. The number of carbonyl (C=O) groups excluding carboxylic acids is 1. The van der Waals surface area contributed by atoms with Crippen LogP contribution in [0.15, 0.2) is 18.5 Å². The molecule has 20 heavy (non-hydrogen) atoms. The third-order valence-electron chi connectivity index (χ3n) is 3.77. The second kappa shape index (κ2) is 6.73. The topological polar surface area (TPSA) is 45.2 Å². The van der Waals surface area contributed by atoms with Gasteiger partial charge in [-0.2, -0.15) is 0 Å². The number of nitrogens with zero attached hydrogens (tertiary/aromatic N) is 2. The molecule has 1 aromatic heterocycles. The second-order valence-electron chi connectivity index (χ2n) is 6.00. The van der Waals surface area contributed by atoms with Crippen LogP contribution in [0.3, 0.4) is 0 Å². The minimum absolute atomic E-state index is 0.107. The highest BCUT2D eigenvalue weighted by Gasteiger charge is 2.27. The number of pyridine rings is 1. The molecule has 0 aliphatic carbocycles. The predicted octanol–water partition coefficient (Wildman–Crippen LogP) is 3.02. The van der Waals surface area contributed by atoms with Gasteiger partial charge in [0.25, 0.3) is 5.91 Å². The van der Waals surface area contributed by atoms with Crippen LogP contribution >= 0.6 is 0 Å². The number of piperidine rings is 1. The number of aromatic nitrogens is 1. The SMILES string of the molecule is CCCNc1ccncc1C(=O)N1CC(C)CC(C)C1. The highest BCUT2D eigenvalue weighted by atomic mass is 16.2. The zero-order valence-electron chi connectivity index (χ0n) is 12.7. The molecule has 2 atom stereocenters. The first-order valence-corrected chi connectivity index (χ1v) is 7.59. The fourth-order valence-electron chi connectivity index (χ4n) is 2.98. The smallest absolute Gasteiger partial charge is 0.257 e. The molecular weight excluding hydrogens is 250 g/mol.